The van der Waals surface area contributed by atoms with Crippen molar-refractivity contribution in [3.8, 4) is 0 Å². The van der Waals surface area contributed by atoms with E-state index in [2.05, 4.69) is 5.32 Å². The minimum atomic E-state index is -1.64. The van der Waals surface area contributed by atoms with Crippen LogP contribution in [-0.2, 0) is 0 Å². The number of thioether (sulfide) groups is 1. The van der Waals surface area contributed by atoms with Gasteiger partial charge in [0.2, 0.25) is 3.79 Å². The number of hydrogen-bond donors (Lipinski definition) is 1. The molecular formula is C11H12Cl3N3O3S. The normalized spacial score (nSPS) is 12.6. The average molecular weight is 373 g/mol. The number of non-ortho nitro benzene ring substituents is 1. The molecule has 0 fully saturated rings. The third-order valence-electron chi connectivity index (χ3n) is 2.50. The number of alkyl halides is 3. The highest BCUT2D eigenvalue weighted by atomic mass is 35.6. The van der Waals surface area contributed by atoms with Crippen molar-refractivity contribution in [3.63, 3.8) is 0 Å². The van der Waals surface area contributed by atoms with Crippen LogP contribution >= 0.6 is 46.6 Å². The van der Waals surface area contributed by atoms with Crippen LogP contribution in [0.3, 0.4) is 0 Å². The Morgan fingerprint density at radius 1 is 1.38 bits per heavy atom. The number of nitrogens with one attached hydrogen (secondary N) is 1. The third-order valence-corrected chi connectivity index (χ3v) is 4.63. The molecule has 0 spiro atoms. The number of carbonyl (C=O) groups is 1. The number of nitro groups is 1. The Balaban J connectivity index is 2.78. The van der Waals surface area contributed by atoms with Crippen LogP contribution in [0, 0.1) is 10.1 Å². The van der Waals surface area contributed by atoms with Gasteiger partial charge in [0.05, 0.1) is 4.92 Å². The lowest BCUT2D eigenvalue weighted by Gasteiger charge is -2.31. The Labute approximate surface area is 140 Å². The van der Waals surface area contributed by atoms with Crippen molar-refractivity contribution in [2.75, 3.05) is 18.6 Å². The van der Waals surface area contributed by atoms with Gasteiger partial charge in [0.1, 0.15) is 5.37 Å². The monoisotopic (exact) mass is 371 g/mol. The fourth-order valence-corrected chi connectivity index (χ4v) is 3.42. The highest BCUT2D eigenvalue weighted by Crippen LogP contribution is 2.38. The molecule has 1 N–H and O–H groups in total. The van der Waals surface area contributed by atoms with E-state index in [9.17, 15) is 14.9 Å². The van der Waals surface area contributed by atoms with Crippen LogP contribution in [0.2, 0.25) is 0 Å². The summed E-state index contributed by atoms with van der Waals surface area (Å²) in [5.41, 5.74) is 0.339. The lowest BCUT2D eigenvalue weighted by molar-refractivity contribution is -0.384. The number of halogens is 3. The predicted molar refractivity (Wildman–Crippen MR) is 87.5 cm³/mol. The zero-order valence-electron chi connectivity index (χ0n) is 11.0. The van der Waals surface area contributed by atoms with Crippen LogP contribution in [-0.4, -0.2) is 38.3 Å². The van der Waals surface area contributed by atoms with Crippen molar-refractivity contribution in [2.24, 2.45) is 0 Å². The standard InChI is InChI=1S/C11H12Cl3N3O3S/c1-16(9(21-2)11(12,13)14)10(18)15-7-3-5-8(6-4-7)17(19)20/h3-6,9H,1-2H3,(H,15,18). The molecule has 116 valence electrons. The molecule has 10 heteroatoms. The van der Waals surface area contributed by atoms with E-state index < -0.39 is 20.1 Å². The van der Waals surface area contributed by atoms with E-state index in [4.69, 9.17) is 34.8 Å². The van der Waals surface area contributed by atoms with Gasteiger partial charge < -0.3 is 10.2 Å². The van der Waals surface area contributed by atoms with E-state index in [0.717, 1.165) is 0 Å². The van der Waals surface area contributed by atoms with Gasteiger partial charge in [0.15, 0.2) is 0 Å². The second-order valence-electron chi connectivity index (χ2n) is 3.97. The summed E-state index contributed by atoms with van der Waals surface area (Å²) in [4.78, 5) is 23.3. The van der Waals surface area contributed by atoms with Gasteiger partial charge in [-0.15, -0.1) is 11.8 Å². The number of nitro benzene ring substituents is 1. The molecule has 0 radical (unpaired) electrons. The first kappa shape index (κ1) is 18.2. The van der Waals surface area contributed by atoms with Crippen LogP contribution in [0.4, 0.5) is 16.2 Å². The first-order valence-corrected chi connectivity index (χ1v) is 7.96. The van der Waals surface area contributed by atoms with Crippen molar-refractivity contribution in [3.05, 3.63) is 34.4 Å². The van der Waals surface area contributed by atoms with Crippen LogP contribution in [0.15, 0.2) is 24.3 Å². The number of benzene rings is 1. The zero-order chi connectivity index (χ0) is 16.2. The lowest BCUT2D eigenvalue weighted by Crippen LogP contribution is -2.44. The van der Waals surface area contributed by atoms with Crippen LogP contribution in [0.25, 0.3) is 0 Å². The molecule has 21 heavy (non-hydrogen) atoms. The second kappa shape index (κ2) is 7.40. The number of hydrogen-bond acceptors (Lipinski definition) is 4. The zero-order valence-corrected chi connectivity index (χ0v) is 14.1. The number of urea groups is 1. The molecule has 0 aliphatic carbocycles. The molecule has 0 heterocycles. The molecule has 0 aliphatic rings. The van der Waals surface area contributed by atoms with E-state index in [1.165, 1.54) is 48.0 Å². The summed E-state index contributed by atoms with van der Waals surface area (Å²) in [6, 6.07) is 4.93. The number of rotatable bonds is 4. The summed E-state index contributed by atoms with van der Waals surface area (Å²) in [5.74, 6) is 0. The number of amides is 2. The van der Waals surface area contributed by atoms with Crippen LogP contribution in [0.5, 0.6) is 0 Å². The molecule has 0 bridgehead atoms. The molecule has 0 saturated heterocycles. The Morgan fingerprint density at radius 3 is 2.29 bits per heavy atom. The largest absolute Gasteiger partial charge is 0.322 e. The maximum absolute atomic E-state index is 12.1. The van der Waals surface area contributed by atoms with Gasteiger partial charge in [0.25, 0.3) is 5.69 Å². The fraction of sp³-hybridized carbons (Fsp3) is 0.364. The summed E-state index contributed by atoms with van der Waals surface area (Å²) in [7, 11) is 1.49. The van der Waals surface area contributed by atoms with E-state index in [-0.39, 0.29) is 5.69 Å². The summed E-state index contributed by atoms with van der Waals surface area (Å²) >= 11 is 18.6. The molecule has 0 aromatic heterocycles. The Kier molecular flexibility index (Phi) is 6.40. The molecular weight excluding hydrogens is 361 g/mol. The van der Waals surface area contributed by atoms with Crippen molar-refractivity contribution in [2.45, 2.75) is 9.17 Å². The lowest BCUT2D eigenvalue weighted by atomic mass is 10.3. The first-order chi connectivity index (χ1) is 9.66. The fourth-order valence-electron chi connectivity index (χ4n) is 1.50. The van der Waals surface area contributed by atoms with E-state index in [1.807, 2.05) is 0 Å². The molecule has 0 saturated carbocycles. The summed E-state index contributed by atoms with van der Waals surface area (Å²) < 4.78 is -1.64. The predicted octanol–water partition coefficient (Wildman–Crippen LogP) is 4.12. The number of nitrogens with zero attached hydrogens (tertiary/aromatic N) is 2. The van der Waals surface area contributed by atoms with Crippen molar-refractivity contribution in [1.82, 2.24) is 4.90 Å². The first-order valence-electron chi connectivity index (χ1n) is 5.54. The Morgan fingerprint density at radius 2 is 1.90 bits per heavy atom. The quantitative estimate of drug-likeness (QED) is 0.373. The van der Waals surface area contributed by atoms with Crippen molar-refractivity contribution < 1.29 is 9.72 Å². The highest BCUT2D eigenvalue weighted by Gasteiger charge is 2.37. The van der Waals surface area contributed by atoms with Gasteiger partial charge in [0, 0.05) is 24.9 Å². The Bertz CT molecular complexity index is 522. The summed E-state index contributed by atoms with van der Waals surface area (Å²) in [6.45, 7) is 0. The topological polar surface area (TPSA) is 75.5 Å². The summed E-state index contributed by atoms with van der Waals surface area (Å²) in [6.07, 6.45) is 1.71. The van der Waals surface area contributed by atoms with Gasteiger partial charge in [-0.2, -0.15) is 0 Å². The van der Waals surface area contributed by atoms with Gasteiger partial charge in [-0.25, -0.2) is 4.79 Å². The second-order valence-corrected chi connectivity index (χ2v) is 7.26. The van der Waals surface area contributed by atoms with Gasteiger partial charge >= 0.3 is 6.03 Å². The van der Waals surface area contributed by atoms with Crippen molar-refractivity contribution in [1.29, 1.82) is 0 Å². The molecule has 1 aromatic carbocycles. The molecule has 1 aromatic rings. The van der Waals surface area contributed by atoms with Crippen LogP contribution < -0.4 is 5.32 Å². The maximum Gasteiger partial charge on any atom is 0.322 e. The van der Waals surface area contributed by atoms with E-state index >= 15 is 0 Å². The molecule has 6 nitrogen and oxygen atoms in total. The minimum Gasteiger partial charge on any atom is -0.311 e. The SMILES string of the molecule is CSC(N(C)C(=O)Nc1ccc([N+](=O)[O-])cc1)C(Cl)(Cl)Cl. The van der Waals surface area contributed by atoms with E-state index in [1.54, 1.807) is 6.26 Å². The highest BCUT2D eigenvalue weighted by molar-refractivity contribution is 7.99. The number of anilines is 1. The minimum absolute atomic E-state index is 0.0652. The van der Waals surface area contributed by atoms with Crippen LogP contribution in [0.1, 0.15) is 0 Å². The van der Waals surface area contributed by atoms with E-state index in [0.29, 0.717) is 5.69 Å². The van der Waals surface area contributed by atoms with Gasteiger partial charge in [-0.1, -0.05) is 34.8 Å². The van der Waals surface area contributed by atoms with Gasteiger partial charge in [-0.3, -0.25) is 10.1 Å². The third kappa shape index (κ3) is 5.10. The molecule has 2 amide bonds. The molecule has 1 unspecified atom stereocenters. The van der Waals surface area contributed by atoms with Gasteiger partial charge in [-0.05, 0) is 18.4 Å². The molecule has 1 atom stereocenters. The van der Waals surface area contributed by atoms with Crippen molar-refractivity contribution >= 4 is 64.0 Å². The molecule has 1 rings (SSSR count). The Hall–Kier alpha value is -0.890. The summed E-state index contributed by atoms with van der Waals surface area (Å²) in [5, 5.41) is 12.4. The average Bonchev–Trinajstić information content (AvgIpc) is 2.38. The maximum atomic E-state index is 12.1. The smallest absolute Gasteiger partial charge is 0.311 e. The molecule has 0 aliphatic heterocycles. The number of carbonyl (C=O) groups excluding carboxylic acids is 1.